The highest BCUT2D eigenvalue weighted by Crippen LogP contribution is 2.15. The van der Waals surface area contributed by atoms with Crippen LogP contribution in [0.5, 0.6) is 0 Å². The molecule has 0 bridgehead atoms. The summed E-state index contributed by atoms with van der Waals surface area (Å²) in [5.74, 6) is -0.510. The lowest BCUT2D eigenvalue weighted by Crippen LogP contribution is -2.41. The maximum absolute atomic E-state index is 11.6. The molecule has 2 N–H and O–H groups in total. The zero-order valence-electron chi connectivity index (χ0n) is 11.5. The minimum Gasteiger partial charge on any atom is -0.469 e. The lowest BCUT2D eigenvalue weighted by Gasteiger charge is -2.21. The average Bonchev–Trinajstić information content (AvgIpc) is 2.43. The van der Waals surface area contributed by atoms with Crippen molar-refractivity contribution in [2.75, 3.05) is 25.5 Å². The van der Waals surface area contributed by atoms with Crippen molar-refractivity contribution in [3.05, 3.63) is 30.3 Å². The van der Waals surface area contributed by atoms with Crippen molar-refractivity contribution in [3.8, 4) is 0 Å². The van der Waals surface area contributed by atoms with E-state index in [0.717, 1.165) is 5.69 Å². The number of anilines is 1. The Hall–Kier alpha value is -2.04. The zero-order valence-corrected chi connectivity index (χ0v) is 11.5. The number of esters is 1. The molecule has 19 heavy (non-hydrogen) atoms. The number of carbonyl (C=O) groups excluding carboxylic acids is 2. The molecule has 0 unspecified atom stereocenters. The van der Waals surface area contributed by atoms with Crippen molar-refractivity contribution in [1.82, 2.24) is 5.32 Å². The Labute approximate surface area is 113 Å². The van der Waals surface area contributed by atoms with Crippen molar-refractivity contribution < 1.29 is 14.3 Å². The van der Waals surface area contributed by atoms with E-state index in [4.69, 9.17) is 0 Å². The predicted octanol–water partition coefficient (Wildman–Crippen LogP) is 1.41. The van der Waals surface area contributed by atoms with Gasteiger partial charge in [-0.1, -0.05) is 18.2 Å². The fourth-order valence-electron chi connectivity index (χ4n) is 1.47. The number of carbonyl (C=O) groups is 2. The number of nitrogens with one attached hydrogen (secondary N) is 2. The van der Waals surface area contributed by atoms with E-state index >= 15 is 0 Å². The van der Waals surface area contributed by atoms with Crippen LogP contribution in [-0.2, 0) is 14.3 Å². The molecule has 1 aromatic carbocycles. The average molecular weight is 264 g/mol. The summed E-state index contributed by atoms with van der Waals surface area (Å²) in [6, 6.07) is 9.45. The van der Waals surface area contributed by atoms with Crippen LogP contribution in [0.25, 0.3) is 0 Å². The van der Waals surface area contributed by atoms with E-state index in [0.29, 0.717) is 0 Å². The van der Waals surface area contributed by atoms with E-state index in [-0.39, 0.29) is 25.0 Å². The summed E-state index contributed by atoms with van der Waals surface area (Å²) in [6.07, 6.45) is 0. The third-order valence-corrected chi connectivity index (χ3v) is 2.69. The molecule has 5 nitrogen and oxygen atoms in total. The summed E-state index contributed by atoms with van der Waals surface area (Å²) in [5, 5.41) is 5.70. The maximum atomic E-state index is 11.6. The van der Waals surface area contributed by atoms with Gasteiger partial charge >= 0.3 is 5.97 Å². The lowest BCUT2D eigenvalue weighted by atomic mass is 9.94. The van der Waals surface area contributed by atoms with Crippen molar-refractivity contribution in [2.45, 2.75) is 13.8 Å². The molecule has 5 heteroatoms. The monoisotopic (exact) mass is 264 g/mol. The van der Waals surface area contributed by atoms with Crippen LogP contribution in [0.2, 0.25) is 0 Å². The molecule has 0 saturated carbocycles. The van der Waals surface area contributed by atoms with Crippen molar-refractivity contribution in [1.29, 1.82) is 0 Å². The Morgan fingerprint density at radius 3 is 2.42 bits per heavy atom. The highest BCUT2D eigenvalue weighted by atomic mass is 16.5. The number of hydrogen-bond acceptors (Lipinski definition) is 4. The second kappa shape index (κ2) is 6.78. The van der Waals surface area contributed by atoms with Crippen molar-refractivity contribution >= 4 is 17.6 Å². The molecule has 1 amide bonds. The summed E-state index contributed by atoms with van der Waals surface area (Å²) >= 11 is 0. The Bertz CT molecular complexity index is 430. The topological polar surface area (TPSA) is 67.4 Å². The van der Waals surface area contributed by atoms with Gasteiger partial charge in [-0.05, 0) is 26.0 Å². The van der Waals surface area contributed by atoms with Crippen LogP contribution in [-0.4, -0.2) is 32.1 Å². The molecular formula is C14H20N2O3. The maximum Gasteiger partial charge on any atom is 0.313 e. The molecule has 0 heterocycles. The summed E-state index contributed by atoms with van der Waals surface area (Å²) in [7, 11) is 1.34. The molecule has 0 aliphatic heterocycles. The highest BCUT2D eigenvalue weighted by Gasteiger charge is 2.28. The van der Waals surface area contributed by atoms with Crippen LogP contribution in [0, 0.1) is 5.41 Å². The summed E-state index contributed by atoms with van der Waals surface area (Å²) in [4.78, 5) is 23.1. The van der Waals surface area contributed by atoms with Gasteiger partial charge in [0.2, 0.25) is 5.91 Å². The number of ether oxygens (including phenoxy) is 1. The summed E-state index contributed by atoms with van der Waals surface area (Å²) in [5.41, 5.74) is 0.154. The fourth-order valence-corrected chi connectivity index (χ4v) is 1.47. The van der Waals surface area contributed by atoms with E-state index in [9.17, 15) is 9.59 Å². The molecule has 0 aliphatic rings. The molecule has 0 aromatic heterocycles. The quantitative estimate of drug-likeness (QED) is 0.762. The molecule has 0 fully saturated rings. The molecule has 0 saturated heterocycles. The summed E-state index contributed by atoms with van der Waals surface area (Å²) in [6.45, 7) is 3.86. The number of hydrogen-bond donors (Lipinski definition) is 2. The molecule has 104 valence electrons. The Morgan fingerprint density at radius 1 is 1.21 bits per heavy atom. The molecule has 0 aliphatic carbocycles. The Balaban J connectivity index is 2.34. The smallest absolute Gasteiger partial charge is 0.313 e. The molecule has 0 radical (unpaired) electrons. The first-order chi connectivity index (χ1) is 8.95. The fraction of sp³-hybridized carbons (Fsp3) is 0.429. The van der Waals surface area contributed by atoms with Gasteiger partial charge in [-0.2, -0.15) is 0 Å². The third kappa shape index (κ3) is 4.99. The van der Waals surface area contributed by atoms with Gasteiger partial charge in [0.15, 0.2) is 0 Å². The number of para-hydroxylation sites is 1. The SMILES string of the molecule is COC(=O)C(C)(C)CNC(=O)CNc1ccccc1. The van der Waals surface area contributed by atoms with Gasteiger partial charge in [-0.15, -0.1) is 0 Å². The number of amides is 1. The number of methoxy groups -OCH3 is 1. The van der Waals surface area contributed by atoms with Crippen molar-refractivity contribution in [3.63, 3.8) is 0 Å². The van der Waals surface area contributed by atoms with Crippen LogP contribution in [0.3, 0.4) is 0 Å². The third-order valence-electron chi connectivity index (χ3n) is 2.69. The van der Waals surface area contributed by atoms with Gasteiger partial charge in [0.1, 0.15) is 0 Å². The number of benzene rings is 1. The normalized spacial score (nSPS) is 10.7. The lowest BCUT2D eigenvalue weighted by molar-refractivity contribution is -0.150. The van der Waals surface area contributed by atoms with Gasteiger partial charge < -0.3 is 15.4 Å². The first kappa shape index (κ1) is 15.0. The minimum atomic E-state index is -0.725. The second-order valence-corrected chi connectivity index (χ2v) is 4.87. The second-order valence-electron chi connectivity index (χ2n) is 4.87. The first-order valence-corrected chi connectivity index (χ1v) is 6.10. The Morgan fingerprint density at radius 2 is 1.84 bits per heavy atom. The predicted molar refractivity (Wildman–Crippen MR) is 73.7 cm³/mol. The van der Waals surface area contributed by atoms with Crippen LogP contribution < -0.4 is 10.6 Å². The first-order valence-electron chi connectivity index (χ1n) is 6.10. The van der Waals surface area contributed by atoms with Crippen LogP contribution in [0.1, 0.15) is 13.8 Å². The molecular weight excluding hydrogens is 244 g/mol. The van der Waals surface area contributed by atoms with E-state index in [1.807, 2.05) is 30.3 Å². The molecule has 0 spiro atoms. The summed E-state index contributed by atoms with van der Waals surface area (Å²) < 4.78 is 4.67. The van der Waals surface area contributed by atoms with Gasteiger partial charge in [-0.25, -0.2) is 0 Å². The van der Waals surface area contributed by atoms with E-state index in [1.54, 1.807) is 13.8 Å². The van der Waals surface area contributed by atoms with Crippen LogP contribution in [0.15, 0.2) is 30.3 Å². The van der Waals surface area contributed by atoms with E-state index in [1.165, 1.54) is 7.11 Å². The molecule has 0 atom stereocenters. The van der Waals surface area contributed by atoms with E-state index in [2.05, 4.69) is 15.4 Å². The molecule has 1 aromatic rings. The van der Waals surface area contributed by atoms with E-state index < -0.39 is 5.41 Å². The van der Waals surface area contributed by atoms with Crippen LogP contribution >= 0.6 is 0 Å². The standard InChI is InChI=1S/C14H20N2O3/c1-14(2,13(18)19-3)10-16-12(17)9-15-11-7-5-4-6-8-11/h4-8,15H,9-10H2,1-3H3,(H,16,17). The van der Waals surface area contributed by atoms with Gasteiger partial charge in [-0.3, -0.25) is 9.59 Å². The largest absolute Gasteiger partial charge is 0.469 e. The molecule has 1 rings (SSSR count). The van der Waals surface area contributed by atoms with Gasteiger partial charge in [0.05, 0.1) is 19.1 Å². The highest BCUT2D eigenvalue weighted by molar-refractivity contribution is 5.82. The van der Waals surface area contributed by atoms with Gasteiger partial charge in [0, 0.05) is 12.2 Å². The minimum absolute atomic E-state index is 0.166. The van der Waals surface area contributed by atoms with Crippen molar-refractivity contribution in [2.24, 2.45) is 5.41 Å². The zero-order chi connectivity index (χ0) is 14.3. The van der Waals surface area contributed by atoms with Crippen LogP contribution in [0.4, 0.5) is 5.69 Å². The number of rotatable bonds is 6. The van der Waals surface area contributed by atoms with Gasteiger partial charge in [0.25, 0.3) is 0 Å². The Kier molecular flexibility index (Phi) is 5.36.